The van der Waals surface area contributed by atoms with Crippen molar-refractivity contribution in [1.29, 1.82) is 0 Å². The van der Waals surface area contributed by atoms with Gasteiger partial charge < -0.3 is 35.3 Å². The third kappa shape index (κ3) is 7.92. The SMILES string of the molecule is COc1ccc(CC(NC(=O)[C@@H](NC(=O)CN2CCOCC2)C2COC2)(C(N)=O)[C@H](CC2=CCCCC2)C(=O)[C@@]2(C)CO2)cc1. The Morgan fingerprint density at radius 3 is 2.38 bits per heavy atom. The lowest BCUT2D eigenvalue weighted by Crippen LogP contribution is -2.69. The average molecular weight is 627 g/mol. The highest BCUT2D eigenvalue weighted by Gasteiger charge is 2.58. The number of hydrogen-bond acceptors (Lipinski definition) is 9. The van der Waals surface area contributed by atoms with Gasteiger partial charge in [0.15, 0.2) is 5.78 Å². The molecular formula is C33H46N4O8. The number of amides is 3. The number of primary amides is 1. The second-order valence-electron chi connectivity index (χ2n) is 12.8. The van der Waals surface area contributed by atoms with Gasteiger partial charge >= 0.3 is 0 Å². The molecule has 0 spiro atoms. The Hall–Kier alpha value is -3.32. The van der Waals surface area contributed by atoms with E-state index in [9.17, 15) is 19.2 Å². The van der Waals surface area contributed by atoms with Crippen LogP contribution in [0.1, 0.15) is 44.6 Å². The lowest BCUT2D eigenvalue weighted by molar-refractivity contribution is -0.145. The van der Waals surface area contributed by atoms with Gasteiger partial charge in [-0.2, -0.15) is 0 Å². The molecule has 5 rings (SSSR count). The van der Waals surface area contributed by atoms with Crippen LogP contribution in [0.2, 0.25) is 0 Å². The normalized spacial score (nSPS) is 24.6. The number of benzene rings is 1. The van der Waals surface area contributed by atoms with Crippen LogP contribution in [0.4, 0.5) is 0 Å². The van der Waals surface area contributed by atoms with Crippen molar-refractivity contribution in [2.75, 3.05) is 59.8 Å². The van der Waals surface area contributed by atoms with E-state index in [0.29, 0.717) is 37.6 Å². The first kappa shape index (κ1) is 33.1. The largest absolute Gasteiger partial charge is 0.497 e. The van der Waals surface area contributed by atoms with Crippen LogP contribution >= 0.6 is 0 Å². The maximum absolute atomic E-state index is 14.3. The van der Waals surface area contributed by atoms with Crippen LogP contribution in [-0.4, -0.2) is 105 Å². The first-order chi connectivity index (χ1) is 21.6. The van der Waals surface area contributed by atoms with Crippen molar-refractivity contribution in [3.63, 3.8) is 0 Å². The number of epoxide rings is 1. The summed E-state index contributed by atoms with van der Waals surface area (Å²) in [6.45, 7) is 4.90. The minimum absolute atomic E-state index is 0.0343. The van der Waals surface area contributed by atoms with Crippen molar-refractivity contribution in [3.8, 4) is 5.75 Å². The summed E-state index contributed by atoms with van der Waals surface area (Å²) >= 11 is 0. The molecular weight excluding hydrogens is 580 g/mol. The van der Waals surface area contributed by atoms with E-state index in [1.165, 1.54) is 0 Å². The molecule has 4 aliphatic rings. The molecule has 3 aliphatic heterocycles. The zero-order chi connectivity index (χ0) is 32.0. The van der Waals surface area contributed by atoms with E-state index in [1.807, 2.05) is 4.90 Å². The molecule has 4 N–H and O–H groups in total. The van der Waals surface area contributed by atoms with E-state index < -0.39 is 34.9 Å². The Kier molecular flexibility index (Phi) is 10.6. The smallest absolute Gasteiger partial charge is 0.244 e. The van der Waals surface area contributed by atoms with Gasteiger partial charge in [-0.05, 0) is 56.7 Å². The standard InChI is InChI=1S/C33H46N4O8/c1-32(21-45-32)29(39)26(16-22-6-4-3-5-7-22)33(31(34)41,17-23-8-10-25(42-2)11-9-23)36-30(40)28(24-19-44-20-24)35-27(38)18-37-12-14-43-15-13-37/h6,8-11,24,26,28H,3-5,7,12-21H2,1-2H3,(H2,34,41)(H,35,38)(H,36,40)/t26-,28+,32-,33?/m1/s1. The first-order valence-corrected chi connectivity index (χ1v) is 15.9. The molecule has 12 heteroatoms. The molecule has 3 heterocycles. The predicted octanol–water partition coefficient (Wildman–Crippen LogP) is 0.906. The highest BCUT2D eigenvalue weighted by molar-refractivity contribution is 6.02. The summed E-state index contributed by atoms with van der Waals surface area (Å²) in [5.74, 6) is -2.68. The molecule has 246 valence electrons. The van der Waals surface area contributed by atoms with Gasteiger partial charge in [0.2, 0.25) is 17.7 Å². The molecule has 3 saturated heterocycles. The van der Waals surface area contributed by atoms with Gasteiger partial charge in [-0.25, -0.2) is 0 Å². The van der Waals surface area contributed by atoms with Crippen molar-refractivity contribution in [2.45, 2.75) is 62.6 Å². The number of nitrogens with one attached hydrogen (secondary N) is 2. The van der Waals surface area contributed by atoms with Crippen LogP contribution in [0.5, 0.6) is 5.75 Å². The van der Waals surface area contributed by atoms with E-state index in [-0.39, 0.29) is 56.8 Å². The van der Waals surface area contributed by atoms with Crippen molar-refractivity contribution in [2.24, 2.45) is 17.6 Å². The Bertz CT molecular complexity index is 1270. The van der Waals surface area contributed by atoms with Crippen LogP contribution in [-0.2, 0) is 39.8 Å². The maximum atomic E-state index is 14.3. The fourth-order valence-electron chi connectivity index (χ4n) is 6.43. The molecule has 0 saturated carbocycles. The minimum Gasteiger partial charge on any atom is -0.497 e. The molecule has 4 atom stereocenters. The maximum Gasteiger partial charge on any atom is 0.244 e. The quantitative estimate of drug-likeness (QED) is 0.190. The summed E-state index contributed by atoms with van der Waals surface area (Å²) in [7, 11) is 1.56. The highest BCUT2D eigenvalue weighted by Crippen LogP contribution is 2.40. The third-order valence-corrected chi connectivity index (χ3v) is 9.49. The second-order valence-corrected chi connectivity index (χ2v) is 12.8. The van der Waals surface area contributed by atoms with E-state index >= 15 is 0 Å². The topological polar surface area (TPSA) is 162 Å². The van der Waals surface area contributed by atoms with Crippen LogP contribution in [0.3, 0.4) is 0 Å². The molecule has 0 radical (unpaired) electrons. The van der Waals surface area contributed by atoms with Gasteiger partial charge in [-0.1, -0.05) is 23.8 Å². The van der Waals surface area contributed by atoms with Crippen LogP contribution < -0.4 is 21.1 Å². The number of carbonyl (C=O) groups excluding carboxylic acids is 4. The number of nitrogens with zero attached hydrogens (tertiary/aromatic N) is 1. The number of ether oxygens (including phenoxy) is 4. The summed E-state index contributed by atoms with van der Waals surface area (Å²) in [5.41, 5.74) is 5.12. The number of allylic oxidation sites excluding steroid dienone is 2. The second kappa shape index (κ2) is 14.4. The molecule has 12 nitrogen and oxygen atoms in total. The average Bonchev–Trinajstić information content (AvgIpc) is 3.77. The van der Waals surface area contributed by atoms with Crippen molar-refractivity contribution in [3.05, 3.63) is 41.5 Å². The van der Waals surface area contributed by atoms with Crippen LogP contribution in [0, 0.1) is 11.8 Å². The van der Waals surface area contributed by atoms with E-state index in [1.54, 1.807) is 38.3 Å². The van der Waals surface area contributed by atoms with E-state index in [0.717, 1.165) is 31.3 Å². The van der Waals surface area contributed by atoms with Crippen molar-refractivity contribution >= 4 is 23.5 Å². The van der Waals surface area contributed by atoms with Crippen LogP contribution in [0.25, 0.3) is 0 Å². The van der Waals surface area contributed by atoms with Gasteiger partial charge in [-0.15, -0.1) is 0 Å². The number of rotatable bonds is 15. The lowest BCUT2D eigenvalue weighted by atomic mass is 9.69. The zero-order valence-corrected chi connectivity index (χ0v) is 26.3. The highest BCUT2D eigenvalue weighted by atomic mass is 16.6. The molecule has 1 unspecified atom stereocenters. The Morgan fingerprint density at radius 1 is 1.11 bits per heavy atom. The van der Waals surface area contributed by atoms with Crippen molar-refractivity contribution in [1.82, 2.24) is 15.5 Å². The summed E-state index contributed by atoms with van der Waals surface area (Å²) in [6, 6.07) is 6.12. The molecule has 3 amide bonds. The molecule has 45 heavy (non-hydrogen) atoms. The first-order valence-electron chi connectivity index (χ1n) is 15.9. The van der Waals surface area contributed by atoms with Crippen molar-refractivity contribution < 1.29 is 38.1 Å². The Balaban J connectivity index is 1.49. The third-order valence-electron chi connectivity index (χ3n) is 9.49. The Labute approximate surface area is 264 Å². The fraction of sp³-hybridized carbons (Fsp3) is 0.636. The fourth-order valence-corrected chi connectivity index (χ4v) is 6.43. The number of carbonyl (C=O) groups is 4. The van der Waals surface area contributed by atoms with E-state index in [2.05, 4.69) is 16.7 Å². The molecule has 0 bridgehead atoms. The number of methoxy groups -OCH3 is 1. The number of Topliss-reactive ketones (excluding diaryl/α,β-unsaturated/α-hetero) is 1. The molecule has 1 aliphatic carbocycles. The molecule has 1 aromatic rings. The minimum atomic E-state index is -1.81. The summed E-state index contributed by atoms with van der Waals surface area (Å²) in [4.78, 5) is 57.5. The summed E-state index contributed by atoms with van der Waals surface area (Å²) in [6.07, 6.45) is 6.08. The van der Waals surface area contributed by atoms with Gasteiger partial charge in [0, 0.05) is 25.4 Å². The monoisotopic (exact) mass is 626 g/mol. The molecule has 3 fully saturated rings. The molecule has 0 aromatic heterocycles. The summed E-state index contributed by atoms with van der Waals surface area (Å²) < 4.78 is 21.7. The zero-order valence-electron chi connectivity index (χ0n) is 26.3. The van der Waals surface area contributed by atoms with Gasteiger partial charge in [-0.3, -0.25) is 24.1 Å². The Morgan fingerprint density at radius 2 is 1.82 bits per heavy atom. The number of morpholine rings is 1. The van der Waals surface area contributed by atoms with E-state index in [4.69, 9.17) is 24.7 Å². The number of hydrogen-bond donors (Lipinski definition) is 3. The molecule has 1 aromatic carbocycles. The predicted molar refractivity (Wildman–Crippen MR) is 164 cm³/mol. The summed E-state index contributed by atoms with van der Waals surface area (Å²) in [5, 5.41) is 5.88. The number of nitrogens with two attached hydrogens (primary N) is 1. The number of ketones is 1. The van der Waals surface area contributed by atoms with Crippen LogP contribution in [0.15, 0.2) is 35.9 Å². The van der Waals surface area contributed by atoms with Gasteiger partial charge in [0.1, 0.15) is 22.9 Å². The van der Waals surface area contributed by atoms with Gasteiger partial charge in [0.05, 0.1) is 52.6 Å². The lowest BCUT2D eigenvalue weighted by Gasteiger charge is -2.42. The van der Waals surface area contributed by atoms with Gasteiger partial charge in [0.25, 0.3) is 0 Å².